The van der Waals surface area contributed by atoms with E-state index in [9.17, 15) is 0 Å². The van der Waals surface area contributed by atoms with E-state index >= 15 is 0 Å². The van der Waals surface area contributed by atoms with E-state index in [0.29, 0.717) is 5.92 Å². The molecule has 1 aliphatic rings. The van der Waals surface area contributed by atoms with Gasteiger partial charge < -0.3 is 10.2 Å². The van der Waals surface area contributed by atoms with Crippen molar-refractivity contribution in [3.63, 3.8) is 0 Å². The van der Waals surface area contributed by atoms with Gasteiger partial charge in [0.1, 0.15) is 0 Å². The third-order valence-corrected chi connectivity index (χ3v) is 3.30. The van der Waals surface area contributed by atoms with Crippen LogP contribution in [0.2, 0.25) is 5.02 Å². The number of halogens is 1. The molecule has 0 aliphatic carbocycles. The van der Waals surface area contributed by atoms with Crippen LogP contribution < -0.4 is 10.2 Å². The zero-order valence-corrected chi connectivity index (χ0v) is 10.0. The van der Waals surface area contributed by atoms with E-state index in [1.165, 1.54) is 12.0 Å². The van der Waals surface area contributed by atoms with E-state index in [1.807, 2.05) is 20.2 Å². The molecule has 0 radical (unpaired) electrons. The molecule has 1 fully saturated rings. The third kappa shape index (κ3) is 2.27. The Morgan fingerprint density at radius 3 is 2.80 bits per heavy atom. The van der Waals surface area contributed by atoms with Gasteiger partial charge in [-0.15, -0.1) is 0 Å². The molecule has 0 amide bonds. The highest BCUT2D eigenvalue weighted by Crippen LogP contribution is 2.30. The van der Waals surface area contributed by atoms with E-state index in [0.717, 1.165) is 23.8 Å². The molecule has 1 saturated heterocycles. The summed E-state index contributed by atoms with van der Waals surface area (Å²) in [6.07, 6.45) is 1.23. The summed E-state index contributed by atoms with van der Waals surface area (Å²) in [5.74, 6) is 0.654. The topological polar surface area (TPSA) is 15.3 Å². The highest BCUT2D eigenvalue weighted by atomic mass is 35.5. The Labute approximate surface area is 96.2 Å². The van der Waals surface area contributed by atoms with Crippen molar-refractivity contribution in [2.75, 3.05) is 32.1 Å². The maximum atomic E-state index is 6.14. The number of hydrogen-bond acceptors (Lipinski definition) is 2. The fourth-order valence-electron chi connectivity index (χ4n) is 2.07. The highest BCUT2D eigenvalue weighted by Gasteiger charge is 2.17. The van der Waals surface area contributed by atoms with E-state index in [4.69, 9.17) is 11.6 Å². The van der Waals surface area contributed by atoms with Gasteiger partial charge in [-0.25, -0.2) is 0 Å². The standard InChI is InChI=1S/C12H17ClN2/c1-15(2)12-7-9(3-4-11(12)13)10-5-6-14-8-10/h3-4,7,10,14H,5-6,8H2,1-2H3. The normalized spacial score (nSPS) is 20.6. The van der Waals surface area contributed by atoms with Crippen LogP contribution in [-0.4, -0.2) is 27.2 Å². The Kier molecular flexibility index (Phi) is 3.17. The molecule has 15 heavy (non-hydrogen) atoms. The van der Waals surface area contributed by atoms with Gasteiger partial charge in [-0.3, -0.25) is 0 Å². The molecule has 1 heterocycles. The fourth-order valence-corrected chi connectivity index (χ4v) is 2.35. The Bertz CT molecular complexity index is 343. The number of benzene rings is 1. The number of anilines is 1. The van der Waals surface area contributed by atoms with Gasteiger partial charge in [0.15, 0.2) is 0 Å². The van der Waals surface area contributed by atoms with Gasteiger partial charge in [-0.05, 0) is 36.6 Å². The van der Waals surface area contributed by atoms with E-state index in [-0.39, 0.29) is 0 Å². The molecule has 1 aromatic carbocycles. The summed E-state index contributed by atoms with van der Waals surface area (Å²) in [5, 5.41) is 4.22. The van der Waals surface area contributed by atoms with Crippen LogP contribution in [0.3, 0.4) is 0 Å². The molecule has 0 bridgehead atoms. The summed E-state index contributed by atoms with van der Waals surface area (Å²) in [7, 11) is 4.05. The molecule has 1 unspecified atom stereocenters. The second-order valence-electron chi connectivity index (χ2n) is 4.29. The Morgan fingerprint density at radius 2 is 2.20 bits per heavy atom. The molecule has 0 aromatic heterocycles. The zero-order valence-electron chi connectivity index (χ0n) is 9.26. The summed E-state index contributed by atoms with van der Waals surface area (Å²) in [4.78, 5) is 2.06. The number of hydrogen-bond donors (Lipinski definition) is 1. The largest absolute Gasteiger partial charge is 0.376 e. The van der Waals surface area contributed by atoms with Crippen LogP contribution in [0.15, 0.2) is 18.2 Å². The minimum absolute atomic E-state index is 0.654. The van der Waals surface area contributed by atoms with Crippen LogP contribution in [0.1, 0.15) is 17.9 Å². The van der Waals surface area contributed by atoms with Gasteiger partial charge >= 0.3 is 0 Å². The van der Waals surface area contributed by atoms with Crippen LogP contribution in [0.4, 0.5) is 5.69 Å². The number of nitrogens with zero attached hydrogens (tertiary/aromatic N) is 1. The first-order chi connectivity index (χ1) is 7.18. The fraction of sp³-hybridized carbons (Fsp3) is 0.500. The summed E-state index contributed by atoms with van der Waals surface area (Å²) < 4.78 is 0. The van der Waals surface area contributed by atoms with Crippen molar-refractivity contribution >= 4 is 17.3 Å². The average Bonchev–Trinajstić information content (AvgIpc) is 2.71. The van der Waals surface area contributed by atoms with Crippen molar-refractivity contribution in [3.05, 3.63) is 28.8 Å². The van der Waals surface area contributed by atoms with Gasteiger partial charge in [-0.1, -0.05) is 17.7 Å². The molecule has 1 aromatic rings. The summed E-state index contributed by atoms with van der Waals surface area (Å²) >= 11 is 6.14. The molecule has 2 rings (SSSR count). The molecular formula is C12H17ClN2. The second kappa shape index (κ2) is 4.42. The highest BCUT2D eigenvalue weighted by molar-refractivity contribution is 6.33. The Balaban J connectivity index is 2.29. The Morgan fingerprint density at radius 1 is 1.40 bits per heavy atom. The molecule has 0 saturated carbocycles. The predicted octanol–water partition coefficient (Wildman–Crippen LogP) is 2.48. The SMILES string of the molecule is CN(C)c1cc(C2CCNC2)ccc1Cl. The quantitative estimate of drug-likeness (QED) is 0.831. The van der Waals surface area contributed by atoms with E-state index in [2.05, 4.69) is 22.3 Å². The molecule has 1 atom stereocenters. The monoisotopic (exact) mass is 224 g/mol. The zero-order chi connectivity index (χ0) is 10.8. The van der Waals surface area contributed by atoms with Crippen molar-refractivity contribution in [2.24, 2.45) is 0 Å². The lowest BCUT2D eigenvalue weighted by Gasteiger charge is -2.17. The van der Waals surface area contributed by atoms with Gasteiger partial charge in [-0.2, -0.15) is 0 Å². The summed E-state index contributed by atoms with van der Waals surface area (Å²) in [6, 6.07) is 6.36. The molecule has 2 nitrogen and oxygen atoms in total. The minimum atomic E-state index is 0.654. The van der Waals surface area contributed by atoms with Crippen LogP contribution in [0.25, 0.3) is 0 Å². The molecule has 3 heteroatoms. The number of nitrogens with one attached hydrogen (secondary N) is 1. The predicted molar refractivity (Wildman–Crippen MR) is 66.0 cm³/mol. The van der Waals surface area contributed by atoms with Gasteiger partial charge in [0.25, 0.3) is 0 Å². The van der Waals surface area contributed by atoms with Crippen LogP contribution >= 0.6 is 11.6 Å². The van der Waals surface area contributed by atoms with Crippen LogP contribution in [0.5, 0.6) is 0 Å². The van der Waals surface area contributed by atoms with Crippen molar-refractivity contribution in [1.82, 2.24) is 5.32 Å². The first-order valence-electron chi connectivity index (χ1n) is 5.36. The minimum Gasteiger partial charge on any atom is -0.376 e. The lowest BCUT2D eigenvalue weighted by Crippen LogP contribution is -2.11. The van der Waals surface area contributed by atoms with Crippen LogP contribution in [0, 0.1) is 0 Å². The lowest BCUT2D eigenvalue weighted by atomic mass is 9.98. The smallest absolute Gasteiger partial charge is 0.0639 e. The van der Waals surface area contributed by atoms with E-state index in [1.54, 1.807) is 0 Å². The average molecular weight is 225 g/mol. The molecule has 1 aliphatic heterocycles. The summed E-state index contributed by atoms with van der Waals surface area (Å²) in [6.45, 7) is 2.22. The van der Waals surface area contributed by atoms with E-state index < -0.39 is 0 Å². The van der Waals surface area contributed by atoms with Crippen LogP contribution in [-0.2, 0) is 0 Å². The number of rotatable bonds is 2. The van der Waals surface area contributed by atoms with Gasteiger partial charge in [0.05, 0.1) is 10.7 Å². The first-order valence-corrected chi connectivity index (χ1v) is 5.74. The van der Waals surface area contributed by atoms with Crippen molar-refractivity contribution in [2.45, 2.75) is 12.3 Å². The Hall–Kier alpha value is -0.730. The first kappa shape index (κ1) is 10.8. The molecule has 0 spiro atoms. The second-order valence-corrected chi connectivity index (χ2v) is 4.70. The van der Waals surface area contributed by atoms with Crippen molar-refractivity contribution < 1.29 is 0 Å². The maximum absolute atomic E-state index is 6.14. The summed E-state index contributed by atoms with van der Waals surface area (Å²) in [5.41, 5.74) is 2.51. The maximum Gasteiger partial charge on any atom is 0.0639 e. The third-order valence-electron chi connectivity index (χ3n) is 2.98. The van der Waals surface area contributed by atoms with Crippen molar-refractivity contribution in [3.8, 4) is 0 Å². The molecule has 1 N–H and O–H groups in total. The molecule has 82 valence electrons. The lowest BCUT2D eigenvalue weighted by molar-refractivity contribution is 0.763. The van der Waals surface area contributed by atoms with Gasteiger partial charge in [0.2, 0.25) is 0 Å². The molecular weight excluding hydrogens is 208 g/mol. The van der Waals surface area contributed by atoms with Crippen molar-refractivity contribution in [1.29, 1.82) is 0 Å². The van der Waals surface area contributed by atoms with Gasteiger partial charge in [0, 0.05) is 20.6 Å².